The van der Waals surface area contributed by atoms with Crippen molar-refractivity contribution in [2.24, 2.45) is 11.5 Å². The summed E-state index contributed by atoms with van der Waals surface area (Å²) in [7, 11) is 0. The van der Waals surface area contributed by atoms with Gasteiger partial charge < -0.3 is 16.8 Å². The Bertz CT molecular complexity index is 454. The molecular weight excluding hydrogens is 272 g/mol. The van der Waals surface area contributed by atoms with Gasteiger partial charge in [-0.3, -0.25) is 14.9 Å². The molecule has 19 heavy (non-hydrogen) atoms. The van der Waals surface area contributed by atoms with Gasteiger partial charge in [-0.1, -0.05) is 0 Å². The second kappa shape index (κ2) is 8.28. The molecule has 5 N–H and O–H groups in total. The third-order valence-corrected chi connectivity index (χ3v) is 2.43. The second-order valence-corrected chi connectivity index (χ2v) is 3.78. The summed E-state index contributed by atoms with van der Waals surface area (Å²) in [5.41, 5.74) is 10.8. The van der Waals surface area contributed by atoms with Crippen LogP contribution in [0.3, 0.4) is 0 Å². The third kappa shape index (κ3) is 5.11. The van der Waals surface area contributed by atoms with Gasteiger partial charge in [-0.15, -0.1) is 12.4 Å². The fourth-order valence-corrected chi connectivity index (χ4v) is 1.48. The average molecular weight is 289 g/mol. The number of unbranched alkanes of at least 4 members (excludes halogenated alkanes) is 1. The zero-order chi connectivity index (χ0) is 13.5. The lowest BCUT2D eigenvalue weighted by molar-refractivity contribution is -0.384. The minimum Gasteiger partial charge on any atom is -0.379 e. The molecule has 0 aliphatic heterocycles. The van der Waals surface area contributed by atoms with Gasteiger partial charge in [-0.05, 0) is 31.5 Å². The standard InChI is InChI=1S/C11H16N4O3.ClH/c12-5-1-2-6-14-9-4-3-8(11(13)16)7-10(9)15(17)18;/h3-4,7,14H,1-2,5-6,12H2,(H2,13,16);1H. The summed E-state index contributed by atoms with van der Waals surface area (Å²) < 4.78 is 0. The van der Waals surface area contributed by atoms with Gasteiger partial charge in [0, 0.05) is 18.2 Å². The van der Waals surface area contributed by atoms with Crippen LogP contribution >= 0.6 is 12.4 Å². The maximum atomic E-state index is 11.0. The van der Waals surface area contributed by atoms with Crippen molar-refractivity contribution in [3.63, 3.8) is 0 Å². The lowest BCUT2D eigenvalue weighted by Crippen LogP contribution is -2.12. The maximum absolute atomic E-state index is 11.0. The number of hydrogen-bond acceptors (Lipinski definition) is 5. The first-order valence-electron chi connectivity index (χ1n) is 5.58. The van der Waals surface area contributed by atoms with Gasteiger partial charge in [-0.2, -0.15) is 0 Å². The van der Waals surface area contributed by atoms with E-state index in [1.165, 1.54) is 18.2 Å². The van der Waals surface area contributed by atoms with Gasteiger partial charge in [0.2, 0.25) is 5.91 Å². The first-order chi connectivity index (χ1) is 8.56. The van der Waals surface area contributed by atoms with Crippen LogP contribution in [-0.4, -0.2) is 23.9 Å². The minimum atomic E-state index is -0.687. The number of hydrogen-bond donors (Lipinski definition) is 3. The summed E-state index contributed by atoms with van der Waals surface area (Å²) in [6.45, 7) is 1.18. The van der Waals surface area contributed by atoms with E-state index in [4.69, 9.17) is 11.5 Å². The molecule has 0 heterocycles. The number of nitrogens with zero attached hydrogens (tertiary/aromatic N) is 1. The largest absolute Gasteiger partial charge is 0.379 e. The zero-order valence-corrected chi connectivity index (χ0v) is 11.1. The predicted molar refractivity (Wildman–Crippen MR) is 75.6 cm³/mol. The monoisotopic (exact) mass is 288 g/mol. The molecule has 0 bridgehead atoms. The maximum Gasteiger partial charge on any atom is 0.293 e. The number of carbonyl (C=O) groups is 1. The molecule has 0 fully saturated rings. The van der Waals surface area contributed by atoms with E-state index in [0.717, 1.165) is 12.8 Å². The number of primary amides is 1. The molecule has 0 spiro atoms. The number of nitro benzene ring substituents is 1. The van der Waals surface area contributed by atoms with Crippen LogP contribution in [0.15, 0.2) is 18.2 Å². The topological polar surface area (TPSA) is 124 Å². The highest BCUT2D eigenvalue weighted by Gasteiger charge is 2.15. The fraction of sp³-hybridized carbons (Fsp3) is 0.364. The van der Waals surface area contributed by atoms with Crippen molar-refractivity contribution in [2.45, 2.75) is 12.8 Å². The van der Waals surface area contributed by atoms with Crippen molar-refractivity contribution >= 4 is 29.7 Å². The van der Waals surface area contributed by atoms with Crippen molar-refractivity contribution in [2.75, 3.05) is 18.4 Å². The Hall–Kier alpha value is -1.86. The molecule has 1 rings (SSSR count). The lowest BCUT2D eigenvalue weighted by Gasteiger charge is -2.07. The number of amides is 1. The third-order valence-electron chi connectivity index (χ3n) is 2.43. The molecule has 0 aliphatic rings. The zero-order valence-electron chi connectivity index (χ0n) is 10.3. The summed E-state index contributed by atoms with van der Waals surface area (Å²) >= 11 is 0. The van der Waals surface area contributed by atoms with Crippen molar-refractivity contribution in [3.8, 4) is 0 Å². The van der Waals surface area contributed by atoms with Gasteiger partial charge in [0.25, 0.3) is 5.69 Å². The smallest absolute Gasteiger partial charge is 0.293 e. The molecule has 106 valence electrons. The van der Waals surface area contributed by atoms with Crippen LogP contribution in [0.5, 0.6) is 0 Å². The number of nitrogens with two attached hydrogens (primary N) is 2. The van der Waals surface area contributed by atoms with Crippen molar-refractivity contribution in [1.29, 1.82) is 0 Å². The van der Waals surface area contributed by atoms with Crippen molar-refractivity contribution < 1.29 is 9.72 Å². The Kier molecular flexibility index (Phi) is 7.47. The Morgan fingerprint density at radius 1 is 1.37 bits per heavy atom. The number of anilines is 1. The Balaban J connectivity index is 0.00000324. The quantitative estimate of drug-likeness (QED) is 0.396. The summed E-state index contributed by atoms with van der Waals surface area (Å²) in [4.78, 5) is 21.3. The number of nitro groups is 1. The lowest BCUT2D eigenvalue weighted by atomic mass is 10.1. The molecule has 0 unspecified atom stereocenters. The predicted octanol–water partition coefficient (Wildman–Crippen LogP) is 1.27. The van der Waals surface area contributed by atoms with Crippen LogP contribution in [0.2, 0.25) is 0 Å². The number of halogens is 1. The van der Waals surface area contributed by atoms with Gasteiger partial charge in [0.1, 0.15) is 5.69 Å². The van der Waals surface area contributed by atoms with E-state index in [1.54, 1.807) is 0 Å². The number of rotatable bonds is 7. The second-order valence-electron chi connectivity index (χ2n) is 3.78. The van der Waals surface area contributed by atoms with Gasteiger partial charge >= 0.3 is 0 Å². The molecule has 0 aliphatic carbocycles. The van der Waals surface area contributed by atoms with E-state index in [9.17, 15) is 14.9 Å². The molecule has 7 nitrogen and oxygen atoms in total. The molecule has 0 saturated carbocycles. The van der Waals surface area contributed by atoms with E-state index in [2.05, 4.69) is 5.32 Å². The highest BCUT2D eigenvalue weighted by Crippen LogP contribution is 2.25. The van der Waals surface area contributed by atoms with Crippen LogP contribution in [-0.2, 0) is 0 Å². The van der Waals surface area contributed by atoms with E-state index in [-0.39, 0.29) is 23.7 Å². The van der Waals surface area contributed by atoms with Crippen LogP contribution in [0.4, 0.5) is 11.4 Å². The Morgan fingerprint density at radius 2 is 2.05 bits per heavy atom. The molecule has 1 aromatic rings. The normalized spacial score (nSPS) is 9.53. The van der Waals surface area contributed by atoms with E-state index < -0.39 is 10.8 Å². The molecule has 8 heteroatoms. The Morgan fingerprint density at radius 3 is 2.58 bits per heavy atom. The van der Waals surface area contributed by atoms with Crippen LogP contribution in [0.25, 0.3) is 0 Å². The van der Waals surface area contributed by atoms with E-state index in [0.29, 0.717) is 18.8 Å². The molecule has 0 saturated heterocycles. The average Bonchev–Trinajstić information content (AvgIpc) is 2.34. The molecule has 0 atom stereocenters. The molecular formula is C11H17ClN4O3. The summed E-state index contributed by atoms with van der Waals surface area (Å²) in [5, 5.41) is 13.8. The van der Waals surface area contributed by atoms with Crippen molar-refractivity contribution in [3.05, 3.63) is 33.9 Å². The summed E-state index contributed by atoms with van der Waals surface area (Å²) in [6, 6.07) is 4.12. The van der Waals surface area contributed by atoms with Gasteiger partial charge in [0.15, 0.2) is 0 Å². The molecule has 0 aromatic heterocycles. The summed E-state index contributed by atoms with van der Waals surface area (Å²) in [6.07, 6.45) is 1.67. The van der Waals surface area contributed by atoms with Crippen molar-refractivity contribution in [1.82, 2.24) is 0 Å². The highest BCUT2D eigenvalue weighted by atomic mass is 35.5. The summed E-state index contributed by atoms with van der Waals surface area (Å²) in [5.74, 6) is -0.687. The van der Waals surface area contributed by atoms with E-state index in [1.807, 2.05) is 0 Å². The minimum absolute atomic E-state index is 0. The molecule has 1 amide bonds. The number of carbonyl (C=O) groups excluding carboxylic acids is 1. The van der Waals surface area contributed by atoms with Gasteiger partial charge in [0.05, 0.1) is 4.92 Å². The SMILES string of the molecule is Cl.NCCCCNc1ccc(C(N)=O)cc1[N+](=O)[O-]. The van der Waals surface area contributed by atoms with E-state index >= 15 is 0 Å². The van der Waals surface area contributed by atoms with Crippen LogP contribution < -0.4 is 16.8 Å². The molecule has 1 aromatic carbocycles. The molecule has 0 radical (unpaired) electrons. The Labute approximate surface area is 116 Å². The number of benzene rings is 1. The number of nitrogens with one attached hydrogen (secondary N) is 1. The van der Waals surface area contributed by atoms with Gasteiger partial charge in [-0.25, -0.2) is 0 Å². The first kappa shape index (κ1) is 17.1. The van der Waals surface area contributed by atoms with Crippen LogP contribution in [0, 0.1) is 10.1 Å². The first-order valence-corrected chi connectivity index (χ1v) is 5.58. The van der Waals surface area contributed by atoms with Crippen LogP contribution in [0.1, 0.15) is 23.2 Å². The highest BCUT2D eigenvalue weighted by molar-refractivity contribution is 5.94. The fourth-order valence-electron chi connectivity index (χ4n) is 1.48.